The minimum atomic E-state index is -0.658. The van der Waals surface area contributed by atoms with Crippen LogP contribution in [0.1, 0.15) is 24.0 Å². The van der Waals surface area contributed by atoms with Crippen molar-refractivity contribution in [2.45, 2.75) is 12.8 Å². The van der Waals surface area contributed by atoms with Gasteiger partial charge in [-0.1, -0.05) is 17.7 Å². The lowest BCUT2D eigenvalue weighted by Gasteiger charge is -2.23. The molecule has 0 fully saturated rings. The van der Waals surface area contributed by atoms with Crippen molar-refractivity contribution in [1.29, 1.82) is 0 Å². The average molecular weight is 535 g/mol. The van der Waals surface area contributed by atoms with Gasteiger partial charge < -0.3 is 24.6 Å². The van der Waals surface area contributed by atoms with Crippen molar-refractivity contribution in [2.24, 2.45) is 4.99 Å². The summed E-state index contributed by atoms with van der Waals surface area (Å²) in [7, 11) is 7.07. The number of fused-ring (bicyclic) bond motifs is 1. The Balaban J connectivity index is 1.78. The van der Waals surface area contributed by atoms with E-state index in [9.17, 15) is 9.59 Å². The van der Waals surface area contributed by atoms with Crippen LogP contribution in [0, 0.1) is 0 Å². The van der Waals surface area contributed by atoms with E-state index in [4.69, 9.17) is 26.1 Å². The molecule has 3 aromatic rings. The van der Waals surface area contributed by atoms with Crippen molar-refractivity contribution in [1.82, 2.24) is 4.90 Å². The number of nitrogens with one attached hydrogen (secondary N) is 1. The molecule has 0 bridgehead atoms. The second-order valence-electron chi connectivity index (χ2n) is 9.21. The first-order chi connectivity index (χ1) is 18.2. The van der Waals surface area contributed by atoms with Gasteiger partial charge >= 0.3 is 0 Å². The molecule has 1 heterocycles. The van der Waals surface area contributed by atoms with E-state index >= 15 is 0 Å². The van der Waals surface area contributed by atoms with Gasteiger partial charge in [0.15, 0.2) is 11.5 Å². The average Bonchev–Trinajstić information content (AvgIpc) is 3.21. The van der Waals surface area contributed by atoms with Gasteiger partial charge in [-0.2, -0.15) is 0 Å². The van der Waals surface area contributed by atoms with Gasteiger partial charge in [0.25, 0.3) is 0 Å². The molecule has 3 aromatic carbocycles. The van der Waals surface area contributed by atoms with E-state index < -0.39 is 5.92 Å². The monoisotopic (exact) mass is 534 g/mol. The number of amides is 2. The van der Waals surface area contributed by atoms with Crippen molar-refractivity contribution in [3.8, 4) is 11.5 Å². The zero-order chi connectivity index (χ0) is 27.4. The summed E-state index contributed by atoms with van der Waals surface area (Å²) in [4.78, 5) is 34.2. The van der Waals surface area contributed by atoms with Crippen molar-refractivity contribution in [3.05, 3.63) is 76.8 Å². The number of nitrogens with zero attached hydrogens (tertiary/aromatic N) is 3. The van der Waals surface area contributed by atoms with Crippen molar-refractivity contribution in [2.75, 3.05) is 51.6 Å². The van der Waals surface area contributed by atoms with E-state index in [-0.39, 0.29) is 11.8 Å². The van der Waals surface area contributed by atoms with E-state index in [1.165, 1.54) is 0 Å². The normalized spacial score (nSPS) is 14.8. The number of halogens is 1. The first-order valence-electron chi connectivity index (χ1n) is 12.2. The zero-order valence-electron chi connectivity index (χ0n) is 22.1. The third kappa shape index (κ3) is 5.82. The Morgan fingerprint density at radius 2 is 1.68 bits per heavy atom. The van der Waals surface area contributed by atoms with E-state index in [0.717, 1.165) is 17.8 Å². The topological polar surface area (TPSA) is 83.5 Å². The summed E-state index contributed by atoms with van der Waals surface area (Å²) >= 11 is 6.18. The summed E-state index contributed by atoms with van der Waals surface area (Å²) in [5, 5.41) is 3.46. The van der Waals surface area contributed by atoms with Crippen LogP contribution in [-0.4, -0.2) is 63.8 Å². The van der Waals surface area contributed by atoms with Crippen LogP contribution >= 0.6 is 11.6 Å². The molecule has 0 spiro atoms. The SMILES string of the molecule is COc1ccc(C(=Nc2ccc(N(CCN(C)C)C(C)=O)cc2)C2C(=O)Nc3cc(Cl)ccc32)cc1OC. The highest BCUT2D eigenvalue weighted by Crippen LogP contribution is 2.39. The first kappa shape index (κ1) is 27.2. The number of methoxy groups -OCH3 is 2. The third-order valence-corrected chi connectivity index (χ3v) is 6.60. The van der Waals surface area contributed by atoms with Crippen molar-refractivity contribution in [3.63, 3.8) is 0 Å². The molecule has 1 aliphatic rings. The largest absolute Gasteiger partial charge is 0.493 e. The molecule has 1 unspecified atom stereocenters. The second-order valence-corrected chi connectivity index (χ2v) is 9.65. The molecule has 0 radical (unpaired) electrons. The number of benzene rings is 3. The number of ether oxygens (including phenoxy) is 2. The zero-order valence-corrected chi connectivity index (χ0v) is 22.9. The van der Waals surface area contributed by atoms with Crippen LogP contribution in [0.5, 0.6) is 11.5 Å². The van der Waals surface area contributed by atoms with Crippen molar-refractivity contribution < 1.29 is 19.1 Å². The highest BCUT2D eigenvalue weighted by molar-refractivity contribution is 6.31. The molecule has 0 saturated carbocycles. The lowest BCUT2D eigenvalue weighted by Crippen LogP contribution is -2.35. The molecule has 2 amide bonds. The Morgan fingerprint density at radius 1 is 0.974 bits per heavy atom. The number of carbonyl (C=O) groups is 2. The minimum Gasteiger partial charge on any atom is -0.493 e. The predicted octanol–water partition coefficient (Wildman–Crippen LogP) is 5.13. The molecular formula is C29H31ClN4O4. The number of hydrogen-bond donors (Lipinski definition) is 1. The van der Waals surface area contributed by atoms with Gasteiger partial charge in [0, 0.05) is 42.0 Å². The molecule has 8 nitrogen and oxygen atoms in total. The summed E-state index contributed by atoms with van der Waals surface area (Å²) in [6, 6.07) is 18.2. The van der Waals surface area contributed by atoms with Gasteiger partial charge in [-0.05, 0) is 74.3 Å². The molecule has 1 aliphatic heterocycles. The number of anilines is 2. The predicted molar refractivity (Wildman–Crippen MR) is 152 cm³/mol. The number of aliphatic imine (C=N–C) groups is 1. The molecule has 1 N–H and O–H groups in total. The summed E-state index contributed by atoms with van der Waals surface area (Å²) in [6.07, 6.45) is 0. The molecule has 4 rings (SSSR count). The summed E-state index contributed by atoms with van der Waals surface area (Å²) in [5.74, 6) is 0.213. The van der Waals surface area contributed by atoms with Gasteiger partial charge in [0.2, 0.25) is 11.8 Å². The van der Waals surface area contributed by atoms with Gasteiger partial charge in [0.1, 0.15) is 5.92 Å². The molecule has 1 atom stereocenters. The Kier molecular flexibility index (Phi) is 8.34. The van der Waals surface area contributed by atoms with Crippen LogP contribution in [0.2, 0.25) is 5.02 Å². The standard InChI is InChI=1S/C29H31ClN4O4/c1-18(35)34(15-14-33(2)3)22-10-8-21(9-11-22)31-28(19-6-13-25(37-4)26(16-19)38-5)27-23-12-7-20(30)17-24(23)32-29(27)36/h6-13,16-17,27H,14-15H2,1-5H3,(H,32,36). The second kappa shape index (κ2) is 11.7. The Morgan fingerprint density at radius 3 is 2.32 bits per heavy atom. The summed E-state index contributed by atoms with van der Waals surface area (Å²) in [5.41, 5.74) is 4.14. The Hall–Kier alpha value is -3.88. The van der Waals surface area contributed by atoms with Crippen LogP contribution in [-0.2, 0) is 9.59 Å². The van der Waals surface area contributed by atoms with Crippen LogP contribution < -0.4 is 19.7 Å². The van der Waals surface area contributed by atoms with E-state index in [0.29, 0.717) is 45.7 Å². The quantitative estimate of drug-likeness (QED) is 0.385. The summed E-state index contributed by atoms with van der Waals surface area (Å²) < 4.78 is 10.9. The molecule has 0 saturated heterocycles. The number of hydrogen-bond acceptors (Lipinski definition) is 6. The molecule has 9 heteroatoms. The van der Waals surface area contributed by atoms with E-state index in [2.05, 4.69) is 5.32 Å². The highest BCUT2D eigenvalue weighted by Gasteiger charge is 2.36. The van der Waals surface area contributed by atoms with Crippen LogP contribution in [0.25, 0.3) is 0 Å². The number of rotatable bonds is 9. The maximum absolute atomic E-state index is 13.2. The third-order valence-electron chi connectivity index (χ3n) is 6.36. The van der Waals surface area contributed by atoms with Crippen LogP contribution in [0.4, 0.5) is 17.1 Å². The van der Waals surface area contributed by atoms with Gasteiger partial charge in [0.05, 0.1) is 25.6 Å². The van der Waals surface area contributed by atoms with Crippen molar-refractivity contribution >= 4 is 46.2 Å². The molecule has 198 valence electrons. The van der Waals surface area contributed by atoms with Gasteiger partial charge in [-0.25, -0.2) is 0 Å². The summed E-state index contributed by atoms with van der Waals surface area (Å²) in [6.45, 7) is 2.87. The van der Waals surface area contributed by atoms with E-state index in [1.807, 2.05) is 61.5 Å². The van der Waals surface area contributed by atoms with Crippen LogP contribution in [0.15, 0.2) is 65.7 Å². The first-order valence-corrected chi connectivity index (χ1v) is 12.5. The molecule has 38 heavy (non-hydrogen) atoms. The fourth-order valence-corrected chi connectivity index (χ4v) is 4.58. The smallest absolute Gasteiger partial charge is 0.238 e. The lowest BCUT2D eigenvalue weighted by molar-refractivity contribution is -0.117. The Labute approximate surface area is 227 Å². The minimum absolute atomic E-state index is 0.0352. The van der Waals surface area contributed by atoms with Gasteiger partial charge in [-0.15, -0.1) is 0 Å². The molecule has 0 aromatic heterocycles. The highest BCUT2D eigenvalue weighted by atomic mass is 35.5. The lowest BCUT2D eigenvalue weighted by atomic mass is 9.90. The van der Waals surface area contributed by atoms with E-state index in [1.54, 1.807) is 44.2 Å². The fourth-order valence-electron chi connectivity index (χ4n) is 4.41. The number of likely N-dealkylation sites (N-methyl/N-ethyl adjacent to an activating group) is 1. The van der Waals surface area contributed by atoms with Crippen LogP contribution in [0.3, 0.4) is 0 Å². The van der Waals surface area contributed by atoms with Gasteiger partial charge in [-0.3, -0.25) is 14.6 Å². The maximum Gasteiger partial charge on any atom is 0.238 e. The maximum atomic E-state index is 13.2. The molecular weight excluding hydrogens is 504 g/mol. The Bertz CT molecular complexity index is 1370. The fraction of sp³-hybridized carbons (Fsp3) is 0.276. The molecule has 0 aliphatic carbocycles. The number of carbonyl (C=O) groups excluding carboxylic acids is 2.